The molecule has 2 rings (SSSR count). The maximum Gasteiger partial charge on any atom is 0.268 e. The van der Waals surface area contributed by atoms with E-state index in [9.17, 15) is 9.59 Å². The number of aromatic nitrogens is 2. The molecule has 13 heavy (non-hydrogen) atoms. The quantitative estimate of drug-likeness (QED) is 0.410. The Morgan fingerprint density at radius 3 is 1.77 bits per heavy atom. The van der Waals surface area contributed by atoms with E-state index in [0.717, 1.165) is 0 Å². The minimum atomic E-state index is -0.799. The molecule has 1 aromatic heterocycles. The zero-order chi connectivity index (χ0) is 9.59. The predicted octanol–water partition coefficient (Wildman–Crippen LogP) is -3.21. The van der Waals surface area contributed by atoms with Crippen molar-refractivity contribution < 1.29 is 25.7 Å². The first-order valence-corrected chi connectivity index (χ1v) is 3.69. The van der Waals surface area contributed by atoms with E-state index < -0.39 is 23.7 Å². The minimum absolute atomic E-state index is 0.324. The topological polar surface area (TPSA) is 128 Å². The van der Waals surface area contributed by atoms with Crippen LogP contribution >= 0.6 is 0 Å². The molecule has 7 heteroatoms. The van der Waals surface area contributed by atoms with Crippen molar-refractivity contribution in [1.29, 1.82) is 0 Å². The molecule has 0 spiro atoms. The second kappa shape index (κ2) is 2.44. The van der Waals surface area contributed by atoms with Crippen molar-refractivity contribution in [1.82, 2.24) is 10.3 Å². The summed E-state index contributed by atoms with van der Waals surface area (Å²) in [5.41, 5.74) is 7.68. The number of carbonyl (C=O) groups excluding carboxylic acids is 2. The lowest BCUT2D eigenvalue weighted by Crippen LogP contribution is -2.68. The van der Waals surface area contributed by atoms with E-state index in [-0.39, 0.29) is 0 Å². The number of rotatable bonds is 0. The summed E-state index contributed by atoms with van der Waals surface area (Å²) >= 11 is 0. The molecule has 68 valence electrons. The number of fused-ring (bicyclic) bond motifs is 1. The van der Waals surface area contributed by atoms with E-state index in [4.69, 9.17) is 0 Å². The third-order valence-electron chi connectivity index (χ3n) is 2.08. The van der Waals surface area contributed by atoms with E-state index >= 15 is 0 Å². The Bertz CT molecular complexity index is 350. The second-order valence-corrected chi connectivity index (χ2v) is 2.87. The Morgan fingerprint density at radius 2 is 1.38 bits per heavy atom. The first-order chi connectivity index (χ1) is 6.13. The summed E-state index contributed by atoms with van der Waals surface area (Å²) in [5.74, 6) is -1.16. The fraction of sp³-hybridized carbons (Fsp3) is 0.333. The lowest BCUT2D eigenvalue weighted by molar-refractivity contribution is -0.425. The van der Waals surface area contributed by atoms with E-state index in [1.165, 1.54) is 0 Å². The molecule has 0 bridgehead atoms. The molecule has 0 aromatic carbocycles. The van der Waals surface area contributed by atoms with E-state index in [1.54, 1.807) is 0 Å². The van der Waals surface area contributed by atoms with Gasteiger partial charge in [-0.15, -0.1) is 0 Å². The van der Waals surface area contributed by atoms with E-state index in [0.29, 0.717) is 11.4 Å². The van der Waals surface area contributed by atoms with Gasteiger partial charge in [0.1, 0.15) is 0 Å². The summed E-state index contributed by atoms with van der Waals surface area (Å²) in [6.45, 7) is 0. The summed E-state index contributed by atoms with van der Waals surface area (Å²) in [4.78, 5) is 22.5. The van der Waals surface area contributed by atoms with Crippen LogP contribution < -0.4 is 11.5 Å². The number of ketones is 2. The summed E-state index contributed by atoms with van der Waals surface area (Å²) in [5, 5.41) is 7.02. The normalized spacial score (nSPS) is 27.5. The van der Waals surface area contributed by atoms with Crippen LogP contribution in [0.5, 0.6) is 0 Å². The van der Waals surface area contributed by atoms with E-state index in [2.05, 4.69) is 26.4 Å². The molecule has 6 N–H and O–H groups in total. The molecule has 0 aliphatic heterocycles. The molecule has 0 saturated carbocycles. The van der Waals surface area contributed by atoms with Gasteiger partial charge < -0.3 is 11.5 Å². The molecule has 0 saturated heterocycles. The third-order valence-corrected chi connectivity index (χ3v) is 2.08. The monoisotopic (exact) mass is 184 g/mol. The first-order valence-electron chi connectivity index (χ1n) is 3.69. The van der Waals surface area contributed by atoms with Crippen LogP contribution in [0.2, 0.25) is 0 Å². The highest BCUT2D eigenvalue weighted by Crippen LogP contribution is 2.23. The van der Waals surface area contributed by atoms with Gasteiger partial charge in [0.2, 0.25) is 0 Å². The van der Waals surface area contributed by atoms with Crippen molar-refractivity contribution >= 4 is 11.6 Å². The second-order valence-electron chi connectivity index (χ2n) is 2.87. The van der Waals surface area contributed by atoms with Gasteiger partial charge in [-0.05, 0) is 10.3 Å². The summed E-state index contributed by atoms with van der Waals surface area (Å²) in [7, 11) is 0. The van der Waals surface area contributed by atoms with Gasteiger partial charge >= 0.3 is 0 Å². The molecule has 0 unspecified atom stereocenters. The van der Waals surface area contributed by atoms with Crippen LogP contribution in [-0.4, -0.2) is 21.9 Å². The molecule has 1 aromatic rings. The van der Waals surface area contributed by atoms with Gasteiger partial charge in [-0.25, -0.2) is 4.63 Å². The number of hydrogen-bond donors (Lipinski definition) is 2. The van der Waals surface area contributed by atoms with Crippen molar-refractivity contribution in [2.24, 2.45) is 0 Å². The van der Waals surface area contributed by atoms with Crippen molar-refractivity contribution in [2.75, 3.05) is 0 Å². The number of nitrogens with zero attached hydrogens (tertiary/aromatic N) is 2. The standard InChI is InChI=1S/C6H6N4O3/c7-1-3-4(10-13-9-3)2(8)6(12)5(1)11/h1-2H,7-8H2/p+2/t1-,2-/m1/s1. The third kappa shape index (κ3) is 0.910. The van der Waals surface area contributed by atoms with Gasteiger partial charge in [0.15, 0.2) is 23.5 Å². The maximum atomic E-state index is 11.2. The van der Waals surface area contributed by atoms with Gasteiger partial charge in [0.05, 0.1) is 0 Å². The van der Waals surface area contributed by atoms with E-state index in [1.807, 2.05) is 0 Å². The number of carbonyl (C=O) groups is 2. The zero-order valence-electron chi connectivity index (χ0n) is 6.69. The molecular weight excluding hydrogens is 176 g/mol. The van der Waals surface area contributed by atoms with Crippen molar-refractivity contribution in [3.63, 3.8) is 0 Å². The zero-order valence-corrected chi connectivity index (χ0v) is 6.69. The molecule has 0 fully saturated rings. The van der Waals surface area contributed by atoms with Gasteiger partial charge in [0, 0.05) is 0 Å². The average molecular weight is 184 g/mol. The maximum absolute atomic E-state index is 11.2. The lowest BCUT2D eigenvalue weighted by atomic mass is 9.91. The Balaban J connectivity index is 2.59. The SMILES string of the molecule is [NH3+][C@H]1C(=O)C(=O)[C@H]([NH3+])c2nonc21. The van der Waals surface area contributed by atoms with Crippen LogP contribution in [0.3, 0.4) is 0 Å². The molecule has 1 heterocycles. The summed E-state index contributed by atoms with van der Waals surface area (Å²) in [6.07, 6.45) is 0. The Morgan fingerprint density at radius 1 is 1.00 bits per heavy atom. The van der Waals surface area contributed by atoms with Crippen LogP contribution in [0.25, 0.3) is 0 Å². The van der Waals surface area contributed by atoms with Crippen LogP contribution in [0.4, 0.5) is 0 Å². The van der Waals surface area contributed by atoms with Crippen molar-refractivity contribution in [3.8, 4) is 0 Å². The fourth-order valence-electron chi connectivity index (χ4n) is 1.28. The molecule has 7 nitrogen and oxygen atoms in total. The summed E-state index contributed by atoms with van der Waals surface area (Å²) < 4.78 is 4.42. The van der Waals surface area contributed by atoms with Gasteiger partial charge in [0.25, 0.3) is 11.6 Å². The molecule has 1 aliphatic rings. The number of Topliss-reactive ketones (excluding diaryl/α,β-unsaturated/α-hetero) is 2. The molecule has 1 aliphatic carbocycles. The van der Waals surface area contributed by atoms with Crippen LogP contribution in [-0.2, 0) is 9.59 Å². The van der Waals surface area contributed by atoms with Crippen LogP contribution in [0, 0.1) is 0 Å². The number of quaternary nitrogens is 2. The lowest BCUT2D eigenvalue weighted by Gasteiger charge is -2.12. The van der Waals surface area contributed by atoms with Gasteiger partial charge in [-0.3, -0.25) is 9.59 Å². The summed E-state index contributed by atoms with van der Waals surface area (Å²) in [6, 6.07) is -1.60. The Hall–Kier alpha value is -1.60. The number of hydrogen-bond acceptors (Lipinski definition) is 5. The Kier molecular flexibility index (Phi) is 1.51. The molecule has 0 amide bonds. The smallest absolute Gasteiger partial charge is 0.268 e. The van der Waals surface area contributed by atoms with Gasteiger partial charge in [-0.2, -0.15) is 0 Å². The average Bonchev–Trinajstić information content (AvgIpc) is 2.59. The largest absolute Gasteiger partial charge is 0.343 e. The van der Waals surface area contributed by atoms with Crippen molar-refractivity contribution in [2.45, 2.75) is 12.1 Å². The Labute approximate surface area is 72.0 Å². The highest BCUT2D eigenvalue weighted by atomic mass is 16.6. The highest BCUT2D eigenvalue weighted by Gasteiger charge is 2.46. The van der Waals surface area contributed by atoms with Crippen LogP contribution in [0.15, 0.2) is 4.63 Å². The molecule has 0 radical (unpaired) electrons. The van der Waals surface area contributed by atoms with Crippen LogP contribution in [0.1, 0.15) is 23.5 Å². The highest BCUT2D eigenvalue weighted by molar-refractivity contribution is 6.41. The predicted molar refractivity (Wildman–Crippen MR) is 35.6 cm³/mol. The first kappa shape index (κ1) is 8.02. The molecule has 2 atom stereocenters. The van der Waals surface area contributed by atoms with Crippen molar-refractivity contribution in [3.05, 3.63) is 11.4 Å². The minimum Gasteiger partial charge on any atom is -0.343 e. The fourth-order valence-corrected chi connectivity index (χ4v) is 1.28. The molecular formula is C6H8N4O3+2. The van der Waals surface area contributed by atoms with Gasteiger partial charge in [-0.1, -0.05) is 0 Å².